The minimum absolute atomic E-state index is 0.178. The van der Waals surface area contributed by atoms with Gasteiger partial charge < -0.3 is 9.64 Å². The Morgan fingerprint density at radius 3 is 2.46 bits per heavy atom. The van der Waals surface area contributed by atoms with E-state index in [1.807, 2.05) is 12.1 Å². The van der Waals surface area contributed by atoms with E-state index in [1.165, 1.54) is 12.0 Å². The standard InChI is InChI=1S/C18H18N2O4/c1-24-17(23)18(8-2-9-18)12-3-5-13(6-4-12)20-10-7-15(21)14(11-19)16(20)22/h3-6,14H,2,7-10H2,1H3. The van der Waals surface area contributed by atoms with Crippen LogP contribution in [0.1, 0.15) is 31.2 Å². The summed E-state index contributed by atoms with van der Waals surface area (Å²) in [6.45, 7) is 0.275. The SMILES string of the molecule is COC(=O)C1(c2ccc(N3CCC(=O)C(C#N)C3=O)cc2)CCC1. The molecule has 6 nitrogen and oxygen atoms in total. The Labute approximate surface area is 140 Å². The van der Waals surface area contributed by atoms with Gasteiger partial charge >= 0.3 is 5.97 Å². The van der Waals surface area contributed by atoms with E-state index in [-0.39, 0.29) is 24.7 Å². The molecule has 2 aliphatic rings. The van der Waals surface area contributed by atoms with Gasteiger partial charge in [-0.1, -0.05) is 18.6 Å². The maximum Gasteiger partial charge on any atom is 0.316 e. The quantitative estimate of drug-likeness (QED) is 0.623. The van der Waals surface area contributed by atoms with Gasteiger partial charge in [-0.25, -0.2) is 0 Å². The van der Waals surface area contributed by atoms with Crippen molar-refractivity contribution in [1.29, 1.82) is 5.26 Å². The highest BCUT2D eigenvalue weighted by Crippen LogP contribution is 2.45. The van der Waals surface area contributed by atoms with E-state index in [2.05, 4.69) is 0 Å². The molecule has 1 aliphatic carbocycles. The van der Waals surface area contributed by atoms with Gasteiger partial charge in [0.15, 0.2) is 11.7 Å². The highest BCUT2D eigenvalue weighted by atomic mass is 16.5. The van der Waals surface area contributed by atoms with E-state index in [9.17, 15) is 14.4 Å². The van der Waals surface area contributed by atoms with Crippen LogP contribution in [0.15, 0.2) is 24.3 Å². The lowest BCUT2D eigenvalue weighted by atomic mass is 9.64. The molecule has 1 aliphatic heterocycles. The predicted octanol–water partition coefficient (Wildman–Crippen LogP) is 1.73. The molecule has 6 heteroatoms. The summed E-state index contributed by atoms with van der Waals surface area (Å²) in [7, 11) is 1.39. The first-order valence-corrected chi connectivity index (χ1v) is 7.96. The molecule has 0 aromatic heterocycles. The van der Waals surface area contributed by atoms with Gasteiger partial charge in [0.2, 0.25) is 0 Å². The van der Waals surface area contributed by atoms with Crippen molar-refractivity contribution in [3.63, 3.8) is 0 Å². The zero-order chi connectivity index (χ0) is 17.3. The van der Waals surface area contributed by atoms with Crippen molar-refractivity contribution in [2.24, 2.45) is 5.92 Å². The predicted molar refractivity (Wildman–Crippen MR) is 85.1 cm³/mol. The van der Waals surface area contributed by atoms with Crippen LogP contribution in [0, 0.1) is 17.2 Å². The third kappa shape index (κ3) is 2.37. The maximum atomic E-state index is 12.3. The number of carbonyl (C=O) groups is 3. The first kappa shape index (κ1) is 16.2. The topological polar surface area (TPSA) is 87.5 Å². The molecule has 1 amide bonds. The molecule has 1 unspecified atom stereocenters. The van der Waals surface area contributed by atoms with E-state index < -0.39 is 17.2 Å². The molecule has 0 radical (unpaired) electrons. The molecule has 1 aromatic carbocycles. The van der Waals surface area contributed by atoms with Crippen LogP contribution in [0.25, 0.3) is 0 Å². The number of esters is 1. The highest BCUT2D eigenvalue weighted by Gasteiger charge is 2.46. The van der Waals surface area contributed by atoms with Crippen molar-refractivity contribution >= 4 is 23.3 Å². The zero-order valence-corrected chi connectivity index (χ0v) is 13.4. The smallest absolute Gasteiger partial charge is 0.316 e. The zero-order valence-electron chi connectivity index (χ0n) is 13.4. The second kappa shape index (κ2) is 6.08. The van der Waals surface area contributed by atoms with Gasteiger partial charge in [0.25, 0.3) is 5.91 Å². The summed E-state index contributed by atoms with van der Waals surface area (Å²) in [4.78, 5) is 37.5. The van der Waals surface area contributed by atoms with Gasteiger partial charge in [-0.15, -0.1) is 0 Å². The lowest BCUT2D eigenvalue weighted by Gasteiger charge is -2.39. The summed E-state index contributed by atoms with van der Waals surface area (Å²) in [6.07, 6.45) is 2.67. The summed E-state index contributed by atoms with van der Waals surface area (Å²) in [6, 6.07) is 8.97. The van der Waals surface area contributed by atoms with Crippen molar-refractivity contribution in [3.8, 4) is 6.07 Å². The number of nitrogens with zero attached hydrogens (tertiary/aromatic N) is 2. The van der Waals surface area contributed by atoms with Crippen LogP contribution in [-0.2, 0) is 24.5 Å². The molecule has 24 heavy (non-hydrogen) atoms. The number of hydrogen-bond donors (Lipinski definition) is 0. The Hall–Kier alpha value is -2.68. The third-order valence-electron chi connectivity index (χ3n) is 5.06. The number of amides is 1. The Kier molecular flexibility index (Phi) is 4.10. The number of carbonyl (C=O) groups excluding carboxylic acids is 3. The van der Waals surface area contributed by atoms with Crippen molar-refractivity contribution < 1.29 is 19.1 Å². The molecule has 3 rings (SSSR count). The van der Waals surface area contributed by atoms with Crippen LogP contribution in [0.2, 0.25) is 0 Å². The fourth-order valence-electron chi connectivity index (χ4n) is 3.45. The largest absolute Gasteiger partial charge is 0.468 e. The Bertz CT molecular complexity index is 728. The molecule has 0 N–H and O–H groups in total. The summed E-state index contributed by atoms with van der Waals surface area (Å²) >= 11 is 0. The van der Waals surface area contributed by atoms with Crippen LogP contribution in [0.3, 0.4) is 0 Å². The van der Waals surface area contributed by atoms with Crippen LogP contribution >= 0.6 is 0 Å². The Morgan fingerprint density at radius 1 is 1.29 bits per heavy atom. The number of piperidine rings is 1. The molecule has 1 atom stereocenters. The Morgan fingerprint density at radius 2 is 1.96 bits per heavy atom. The van der Waals surface area contributed by atoms with Crippen molar-refractivity contribution in [2.75, 3.05) is 18.6 Å². The fourth-order valence-corrected chi connectivity index (χ4v) is 3.45. The molecule has 124 valence electrons. The monoisotopic (exact) mass is 326 g/mol. The maximum absolute atomic E-state index is 12.3. The highest BCUT2D eigenvalue weighted by molar-refractivity contribution is 6.13. The number of hydrogen-bond acceptors (Lipinski definition) is 5. The van der Waals surface area contributed by atoms with Crippen LogP contribution in [0.5, 0.6) is 0 Å². The number of ether oxygens (including phenoxy) is 1. The van der Waals surface area contributed by atoms with E-state index >= 15 is 0 Å². The summed E-state index contributed by atoms with van der Waals surface area (Å²) in [5.41, 5.74) is 0.933. The second-order valence-corrected chi connectivity index (χ2v) is 6.24. The molecule has 0 spiro atoms. The minimum atomic E-state index is -1.22. The van der Waals surface area contributed by atoms with E-state index in [1.54, 1.807) is 18.2 Å². The molecule has 1 saturated heterocycles. The summed E-state index contributed by atoms with van der Waals surface area (Å²) in [5.74, 6) is -2.25. The first-order chi connectivity index (χ1) is 11.5. The van der Waals surface area contributed by atoms with Crippen molar-refractivity contribution in [2.45, 2.75) is 31.1 Å². The van der Waals surface area contributed by atoms with E-state index in [0.29, 0.717) is 5.69 Å². The number of benzene rings is 1. The molecular weight excluding hydrogens is 308 g/mol. The average molecular weight is 326 g/mol. The fraction of sp³-hybridized carbons (Fsp3) is 0.444. The average Bonchev–Trinajstić information content (AvgIpc) is 2.55. The second-order valence-electron chi connectivity index (χ2n) is 6.24. The Balaban J connectivity index is 1.85. The summed E-state index contributed by atoms with van der Waals surface area (Å²) in [5, 5.41) is 9.01. The molecule has 0 bridgehead atoms. The van der Waals surface area contributed by atoms with Gasteiger partial charge in [0, 0.05) is 18.7 Å². The third-order valence-corrected chi connectivity index (χ3v) is 5.06. The molecule has 2 fully saturated rings. The number of rotatable bonds is 3. The number of anilines is 1. The number of Topliss-reactive ketones (excluding diaryl/α,β-unsaturated/α-hetero) is 1. The van der Waals surface area contributed by atoms with Crippen molar-refractivity contribution in [1.82, 2.24) is 0 Å². The first-order valence-electron chi connectivity index (χ1n) is 7.96. The van der Waals surface area contributed by atoms with Crippen LogP contribution in [0.4, 0.5) is 5.69 Å². The molecule has 1 heterocycles. The molecule has 1 saturated carbocycles. The lowest BCUT2D eigenvalue weighted by molar-refractivity contribution is -0.151. The lowest BCUT2D eigenvalue weighted by Crippen LogP contribution is -2.46. The van der Waals surface area contributed by atoms with E-state index in [4.69, 9.17) is 10.00 Å². The van der Waals surface area contributed by atoms with Gasteiger partial charge in [0.1, 0.15) is 0 Å². The van der Waals surface area contributed by atoms with E-state index in [0.717, 1.165) is 24.8 Å². The number of nitriles is 1. The number of ketones is 1. The van der Waals surface area contributed by atoms with Gasteiger partial charge in [-0.3, -0.25) is 14.4 Å². The van der Waals surface area contributed by atoms with Gasteiger partial charge in [0.05, 0.1) is 18.6 Å². The number of methoxy groups -OCH3 is 1. The van der Waals surface area contributed by atoms with Crippen molar-refractivity contribution in [3.05, 3.63) is 29.8 Å². The summed E-state index contributed by atoms with van der Waals surface area (Å²) < 4.78 is 4.94. The van der Waals surface area contributed by atoms with Gasteiger partial charge in [-0.05, 0) is 30.5 Å². The minimum Gasteiger partial charge on any atom is -0.468 e. The molecular formula is C18H18N2O4. The van der Waals surface area contributed by atoms with Gasteiger partial charge in [-0.2, -0.15) is 5.26 Å². The normalized spacial score (nSPS) is 22.5. The molecule has 1 aromatic rings. The van der Waals surface area contributed by atoms with Crippen LogP contribution in [-0.4, -0.2) is 31.3 Å². The van der Waals surface area contributed by atoms with Crippen LogP contribution < -0.4 is 4.90 Å².